The minimum atomic E-state index is 0.552. The van der Waals surface area contributed by atoms with Crippen molar-refractivity contribution in [3.05, 3.63) is 36.0 Å². The molecule has 1 aromatic heterocycles. The van der Waals surface area contributed by atoms with Crippen molar-refractivity contribution >= 4 is 17.0 Å². The number of hydrogen-bond donors (Lipinski definition) is 2. The Bertz CT molecular complexity index is 485. The Balaban J connectivity index is 2.51. The van der Waals surface area contributed by atoms with Crippen LogP contribution < -0.4 is 10.5 Å². The van der Waals surface area contributed by atoms with Crippen molar-refractivity contribution in [1.82, 2.24) is 4.98 Å². The van der Waals surface area contributed by atoms with Crippen molar-refractivity contribution in [2.45, 2.75) is 0 Å². The van der Waals surface area contributed by atoms with Gasteiger partial charge in [-0.25, -0.2) is 0 Å². The van der Waals surface area contributed by atoms with Crippen LogP contribution in [0.25, 0.3) is 17.0 Å². The second kappa shape index (κ2) is 4.19. The highest BCUT2D eigenvalue weighted by atomic mass is 16.5. The van der Waals surface area contributed by atoms with Crippen LogP contribution in [0.15, 0.2) is 30.5 Å². The number of H-pyrrole nitrogens is 1. The monoisotopic (exact) mass is 202 g/mol. The van der Waals surface area contributed by atoms with Crippen molar-refractivity contribution in [2.75, 3.05) is 13.7 Å². The molecule has 3 N–H and O–H groups in total. The van der Waals surface area contributed by atoms with E-state index in [1.165, 1.54) is 0 Å². The number of aromatic amines is 1. The first-order valence-corrected chi connectivity index (χ1v) is 4.87. The maximum absolute atomic E-state index is 5.42. The second-order valence-electron chi connectivity index (χ2n) is 3.29. The van der Waals surface area contributed by atoms with Crippen molar-refractivity contribution in [1.29, 1.82) is 0 Å². The Labute approximate surface area is 88.5 Å². The number of hydrogen-bond acceptors (Lipinski definition) is 2. The third kappa shape index (κ3) is 1.87. The van der Waals surface area contributed by atoms with E-state index in [0.29, 0.717) is 6.54 Å². The van der Waals surface area contributed by atoms with E-state index in [9.17, 15) is 0 Å². The highest BCUT2D eigenvalue weighted by Gasteiger charge is 2.01. The molecule has 0 aliphatic rings. The third-order valence-corrected chi connectivity index (χ3v) is 2.35. The van der Waals surface area contributed by atoms with Crippen LogP contribution in [-0.4, -0.2) is 18.6 Å². The Morgan fingerprint density at radius 2 is 2.33 bits per heavy atom. The number of aromatic nitrogens is 1. The summed E-state index contributed by atoms with van der Waals surface area (Å²) in [6.07, 6.45) is 5.91. The lowest BCUT2D eigenvalue weighted by Crippen LogP contribution is -1.91. The first-order valence-electron chi connectivity index (χ1n) is 4.87. The Morgan fingerprint density at radius 3 is 3.07 bits per heavy atom. The molecule has 0 amide bonds. The SMILES string of the molecule is COc1ccc2[nH]cc(C=CCN)c2c1. The first-order chi connectivity index (χ1) is 7.35. The number of nitrogens with two attached hydrogens (primary N) is 1. The van der Waals surface area contributed by atoms with Crippen LogP contribution in [0, 0.1) is 0 Å². The molecule has 0 saturated carbocycles. The summed E-state index contributed by atoms with van der Waals surface area (Å²) in [4.78, 5) is 3.20. The van der Waals surface area contributed by atoms with Gasteiger partial charge in [0.15, 0.2) is 0 Å². The van der Waals surface area contributed by atoms with Crippen LogP contribution in [-0.2, 0) is 0 Å². The quantitative estimate of drug-likeness (QED) is 0.801. The lowest BCUT2D eigenvalue weighted by molar-refractivity contribution is 0.415. The predicted octanol–water partition coefficient (Wildman–Crippen LogP) is 2.15. The number of ether oxygens (including phenoxy) is 1. The number of nitrogens with one attached hydrogen (secondary N) is 1. The first kappa shape index (κ1) is 9.80. The van der Waals surface area contributed by atoms with E-state index in [1.807, 2.05) is 36.5 Å². The number of benzene rings is 1. The lowest BCUT2D eigenvalue weighted by atomic mass is 10.1. The molecule has 2 rings (SSSR count). The van der Waals surface area contributed by atoms with E-state index in [2.05, 4.69) is 4.98 Å². The highest BCUT2D eigenvalue weighted by Crippen LogP contribution is 2.24. The van der Waals surface area contributed by atoms with Gasteiger partial charge in [-0.15, -0.1) is 0 Å². The molecule has 0 aliphatic carbocycles. The number of fused-ring (bicyclic) bond motifs is 1. The van der Waals surface area contributed by atoms with Gasteiger partial charge in [-0.3, -0.25) is 0 Å². The molecule has 78 valence electrons. The van der Waals surface area contributed by atoms with Crippen LogP contribution in [0.1, 0.15) is 5.56 Å². The van der Waals surface area contributed by atoms with Gasteiger partial charge in [0.25, 0.3) is 0 Å². The van der Waals surface area contributed by atoms with Crippen LogP contribution in [0.3, 0.4) is 0 Å². The zero-order valence-corrected chi connectivity index (χ0v) is 8.66. The molecule has 3 heteroatoms. The van der Waals surface area contributed by atoms with Crippen molar-refractivity contribution in [3.8, 4) is 5.75 Å². The summed E-state index contributed by atoms with van der Waals surface area (Å²) in [6, 6.07) is 5.96. The molecule has 1 aromatic carbocycles. The standard InChI is InChI=1S/C12H14N2O/c1-15-10-4-5-12-11(7-10)9(8-14-12)3-2-6-13/h2-5,7-8,14H,6,13H2,1H3. The largest absolute Gasteiger partial charge is 0.497 e. The minimum absolute atomic E-state index is 0.552. The Morgan fingerprint density at radius 1 is 1.47 bits per heavy atom. The number of rotatable bonds is 3. The maximum Gasteiger partial charge on any atom is 0.119 e. The minimum Gasteiger partial charge on any atom is -0.497 e. The van der Waals surface area contributed by atoms with Crippen LogP contribution in [0.5, 0.6) is 5.75 Å². The average molecular weight is 202 g/mol. The fraction of sp³-hybridized carbons (Fsp3) is 0.167. The molecule has 0 saturated heterocycles. The average Bonchev–Trinajstić information content (AvgIpc) is 2.68. The lowest BCUT2D eigenvalue weighted by Gasteiger charge is -1.99. The zero-order chi connectivity index (χ0) is 10.7. The number of methoxy groups -OCH3 is 1. The summed E-state index contributed by atoms with van der Waals surface area (Å²) in [5.41, 5.74) is 7.66. The molecule has 0 fully saturated rings. The second-order valence-corrected chi connectivity index (χ2v) is 3.29. The molecule has 2 aromatic rings. The summed E-state index contributed by atoms with van der Waals surface area (Å²) in [6.45, 7) is 0.552. The molecule has 15 heavy (non-hydrogen) atoms. The van der Waals surface area contributed by atoms with Crippen LogP contribution in [0.4, 0.5) is 0 Å². The van der Waals surface area contributed by atoms with Gasteiger partial charge in [0.2, 0.25) is 0 Å². The molecule has 0 bridgehead atoms. The molecular formula is C12H14N2O. The zero-order valence-electron chi connectivity index (χ0n) is 8.66. The summed E-state index contributed by atoms with van der Waals surface area (Å²) in [5.74, 6) is 0.865. The molecule has 3 nitrogen and oxygen atoms in total. The summed E-state index contributed by atoms with van der Waals surface area (Å²) in [5, 5.41) is 1.15. The van der Waals surface area contributed by atoms with Gasteiger partial charge in [-0.1, -0.05) is 12.2 Å². The molecule has 0 atom stereocenters. The fourth-order valence-corrected chi connectivity index (χ4v) is 1.58. The highest BCUT2D eigenvalue weighted by molar-refractivity contribution is 5.89. The summed E-state index contributed by atoms with van der Waals surface area (Å²) in [7, 11) is 1.67. The molecule has 0 unspecified atom stereocenters. The van der Waals surface area contributed by atoms with Gasteiger partial charge in [0, 0.05) is 23.6 Å². The fourth-order valence-electron chi connectivity index (χ4n) is 1.58. The van der Waals surface area contributed by atoms with Gasteiger partial charge < -0.3 is 15.5 Å². The smallest absolute Gasteiger partial charge is 0.119 e. The Hall–Kier alpha value is -1.74. The Kier molecular flexibility index (Phi) is 2.74. The third-order valence-electron chi connectivity index (χ3n) is 2.35. The normalized spacial score (nSPS) is 11.3. The molecule has 0 spiro atoms. The van der Waals surface area contributed by atoms with E-state index in [-0.39, 0.29) is 0 Å². The topological polar surface area (TPSA) is 51.0 Å². The van der Waals surface area contributed by atoms with E-state index in [0.717, 1.165) is 22.2 Å². The van der Waals surface area contributed by atoms with E-state index >= 15 is 0 Å². The predicted molar refractivity (Wildman–Crippen MR) is 62.9 cm³/mol. The summed E-state index contributed by atoms with van der Waals surface area (Å²) < 4.78 is 5.19. The van der Waals surface area contributed by atoms with Crippen molar-refractivity contribution in [3.63, 3.8) is 0 Å². The maximum atomic E-state index is 5.42. The van der Waals surface area contributed by atoms with Gasteiger partial charge in [0.1, 0.15) is 5.75 Å². The van der Waals surface area contributed by atoms with Crippen LogP contribution in [0.2, 0.25) is 0 Å². The van der Waals surface area contributed by atoms with E-state index in [1.54, 1.807) is 7.11 Å². The van der Waals surface area contributed by atoms with Crippen molar-refractivity contribution < 1.29 is 4.74 Å². The molecular weight excluding hydrogens is 188 g/mol. The van der Waals surface area contributed by atoms with Crippen molar-refractivity contribution in [2.24, 2.45) is 5.73 Å². The molecule has 0 aliphatic heterocycles. The van der Waals surface area contributed by atoms with Gasteiger partial charge in [-0.2, -0.15) is 0 Å². The van der Waals surface area contributed by atoms with E-state index in [4.69, 9.17) is 10.5 Å². The van der Waals surface area contributed by atoms with Gasteiger partial charge >= 0.3 is 0 Å². The van der Waals surface area contributed by atoms with Gasteiger partial charge in [0.05, 0.1) is 7.11 Å². The van der Waals surface area contributed by atoms with Crippen LogP contribution >= 0.6 is 0 Å². The molecule has 1 heterocycles. The van der Waals surface area contributed by atoms with Gasteiger partial charge in [-0.05, 0) is 23.8 Å². The van der Waals surface area contributed by atoms with E-state index < -0.39 is 0 Å². The summed E-state index contributed by atoms with van der Waals surface area (Å²) >= 11 is 0. The molecule has 0 radical (unpaired) electrons.